The minimum Gasteiger partial charge on any atom is -0.494 e. The van der Waals surface area contributed by atoms with Gasteiger partial charge in [-0.1, -0.05) is 20.8 Å². The van der Waals surface area contributed by atoms with Gasteiger partial charge in [-0.3, -0.25) is 0 Å². The summed E-state index contributed by atoms with van der Waals surface area (Å²) in [5, 5.41) is 3.57. The van der Waals surface area contributed by atoms with Gasteiger partial charge in [-0.25, -0.2) is 0 Å². The lowest BCUT2D eigenvalue weighted by molar-refractivity contribution is 0.241. The zero-order chi connectivity index (χ0) is 14.8. The molecule has 0 saturated carbocycles. The topological polar surface area (TPSA) is 30.5 Å². The molecule has 1 atom stereocenters. The van der Waals surface area contributed by atoms with Crippen LogP contribution in [0.15, 0.2) is 12.1 Å². The Labute approximate surface area is 122 Å². The van der Waals surface area contributed by atoms with E-state index in [4.69, 9.17) is 9.47 Å². The predicted octanol–water partition coefficient (Wildman–Crippen LogP) is 4.11. The minimum atomic E-state index is 0.287. The molecule has 112 valence electrons. The summed E-state index contributed by atoms with van der Waals surface area (Å²) in [5.41, 5.74) is 2.68. The molecule has 1 aliphatic rings. The quantitative estimate of drug-likeness (QED) is 0.898. The summed E-state index contributed by atoms with van der Waals surface area (Å²) >= 11 is 0. The average molecular weight is 277 g/mol. The Morgan fingerprint density at radius 3 is 2.30 bits per heavy atom. The van der Waals surface area contributed by atoms with Crippen molar-refractivity contribution in [1.82, 2.24) is 0 Å². The molecular formula is C17H27NO2. The number of fused-ring (bicyclic) bond motifs is 1. The molecule has 0 spiro atoms. The number of ether oxygens (including phenoxy) is 2. The lowest BCUT2D eigenvalue weighted by Crippen LogP contribution is -2.33. The van der Waals surface area contributed by atoms with Crippen LogP contribution in [0.5, 0.6) is 11.5 Å². The second-order valence-corrected chi connectivity index (χ2v) is 6.43. The fourth-order valence-electron chi connectivity index (χ4n) is 2.73. The Morgan fingerprint density at radius 1 is 1.10 bits per heavy atom. The molecule has 1 N–H and O–H groups in total. The highest BCUT2D eigenvalue weighted by Gasteiger charge is 2.31. The number of hydrogen-bond acceptors (Lipinski definition) is 3. The fourth-order valence-corrected chi connectivity index (χ4v) is 2.73. The molecule has 1 aromatic rings. The molecule has 3 nitrogen and oxygen atoms in total. The number of hydrogen-bond donors (Lipinski definition) is 1. The molecule has 1 heterocycles. The Hall–Kier alpha value is -1.38. The molecule has 1 aliphatic heterocycles. The van der Waals surface area contributed by atoms with Crippen LogP contribution in [0.25, 0.3) is 0 Å². The first-order chi connectivity index (χ1) is 9.47. The van der Waals surface area contributed by atoms with Crippen LogP contribution in [-0.4, -0.2) is 19.8 Å². The molecule has 0 bridgehead atoms. The Bertz CT molecular complexity index is 463. The zero-order valence-electron chi connectivity index (χ0n) is 13.4. The average Bonchev–Trinajstić information content (AvgIpc) is 2.40. The Kier molecular flexibility index (Phi) is 4.46. The zero-order valence-corrected chi connectivity index (χ0v) is 13.4. The maximum Gasteiger partial charge on any atom is 0.142 e. The van der Waals surface area contributed by atoms with Gasteiger partial charge in [0.05, 0.1) is 18.9 Å². The van der Waals surface area contributed by atoms with E-state index in [1.165, 1.54) is 5.56 Å². The van der Waals surface area contributed by atoms with Crippen LogP contribution < -0.4 is 14.8 Å². The van der Waals surface area contributed by atoms with Crippen LogP contribution in [0.1, 0.15) is 40.2 Å². The lowest BCUT2D eigenvalue weighted by atomic mass is 9.75. The van der Waals surface area contributed by atoms with Crippen molar-refractivity contribution in [1.29, 1.82) is 0 Å². The van der Waals surface area contributed by atoms with Gasteiger partial charge in [0, 0.05) is 12.1 Å². The van der Waals surface area contributed by atoms with Crippen LogP contribution in [0, 0.1) is 11.3 Å². The fraction of sp³-hybridized carbons (Fsp3) is 0.647. The summed E-state index contributed by atoms with van der Waals surface area (Å²) in [6.45, 7) is 13.3. The van der Waals surface area contributed by atoms with Gasteiger partial charge >= 0.3 is 0 Å². The molecule has 1 unspecified atom stereocenters. The number of nitrogens with one attached hydrogen (secondary N) is 1. The van der Waals surface area contributed by atoms with Crippen molar-refractivity contribution in [3.8, 4) is 11.5 Å². The van der Waals surface area contributed by atoms with Gasteiger partial charge < -0.3 is 14.8 Å². The van der Waals surface area contributed by atoms with E-state index in [-0.39, 0.29) is 5.41 Å². The predicted molar refractivity (Wildman–Crippen MR) is 83.9 cm³/mol. The number of rotatable bonds is 4. The summed E-state index contributed by atoms with van der Waals surface area (Å²) in [7, 11) is 0. The Morgan fingerprint density at radius 2 is 1.70 bits per heavy atom. The monoisotopic (exact) mass is 277 g/mol. The first kappa shape index (κ1) is 15.0. The van der Waals surface area contributed by atoms with Gasteiger partial charge in [-0.05, 0) is 43.7 Å². The first-order valence-corrected chi connectivity index (χ1v) is 7.62. The second-order valence-electron chi connectivity index (χ2n) is 6.43. The summed E-state index contributed by atoms with van der Waals surface area (Å²) < 4.78 is 11.5. The molecule has 0 aliphatic carbocycles. The van der Waals surface area contributed by atoms with Crippen LogP contribution in [-0.2, 0) is 6.42 Å². The first-order valence-electron chi connectivity index (χ1n) is 7.62. The van der Waals surface area contributed by atoms with Gasteiger partial charge in [0.1, 0.15) is 11.5 Å². The van der Waals surface area contributed by atoms with Gasteiger partial charge in [0.25, 0.3) is 0 Å². The molecule has 0 fully saturated rings. The van der Waals surface area contributed by atoms with Crippen molar-refractivity contribution >= 4 is 5.69 Å². The molecule has 1 aromatic carbocycles. The van der Waals surface area contributed by atoms with Crippen molar-refractivity contribution in [2.75, 3.05) is 25.1 Å². The van der Waals surface area contributed by atoms with Crippen molar-refractivity contribution in [3.63, 3.8) is 0 Å². The molecule has 0 radical (unpaired) electrons. The molecule has 0 aromatic heterocycles. The van der Waals surface area contributed by atoms with E-state index >= 15 is 0 Å². The van der Waals surface area contributed by atoms with Crippen LogP contribution in [0.4, 0.5) is 5.69 Å². The van der Waals surface area contributed by atoms with E-state index in [2.05, 4.69) is 26.1 Å². The van der Waals surface area contributed by atoms with E-state index in [0.29, 0.717) is 19.1 Å². The van der Waals surface area contributed by atoms with E-state index in [1.54, 1.807) is 0 Å². The van der Waals surface area contributed by atoms with Gasteiger partial charge in [-0.2, -0.15) is 0 Å². The van der Waals surface area contributed by atoms with Crippen molar-refractivity contribution in [2.24, 2.45) is 11.3 Å². The molecule has 20 heavy (non-hydrogen) atoms. The second kappa shape index (κ2) is 5.94. The van der Waals surface area contributed by atoms with E-state index in [1.807, 2.05) is 26.0 Å². The summed E-state index contributed by atoms with van der Waals surface area (Å²) in [6, 6.07) is 4.05. The van der Waals surface area contributed by atoms with Crippen molar-refractivity contribution < 1.29 is 9.47 Å². The van der Waals surface area contributed by atoms with Gasteiger partial charge in [0.15, 0.2) is 0 Å². The molecule has 0 amide bonds. The van der Waals surface area contributed by atoms with Gasteiger partial charge in [-0.15, -0.1) is 0 Å². The van der Waals surface area contributed by atoms with E-state index in [9.17, 15) is 0 Å². The summed E-state index contributed by atoms with van der Waals surface area (Å²) in [5.74, 6) is 2.54. The molecule has 2 rings (SSSR count). The third-order valence-electron chi connectivity index (χ3n) is 4.03. The maximum atomic E-state index is 5.80. The molecular weight excluding hydrogens is 250 g/mol. The standard InChI is InChI=1S/C17H27NO2/c1-6-19-14-8-9-15(20-7-2)16-13(14)10-12(11-18-16)17(3,4)5/h8-9,12,18H,6-7,10-11H2,1-5H3. The largest absolute Gasteiger partial charge is 0.494 e. The SMILES string of the molecule is CCOc1ccc(OCC)c2c1CC(C(C)(C)C)CN2. The highest BCUT2D eigenvalue weighted by Crippen LogP contribution is 2.43. The highest BCUT2D eigenvalue weighted by atomic mass is 16.5. The third-order valence-corrected chi connectivity index (χ3v) is 4.03. The number of benzene rings is 1. The van der Waals surface area contributed by atoms with E-state index < -0.39 is 0 Å². The van der Waals surface area contributed by atoms with Crippen LogP contribution in [0.3, 0.4) is 0 Å². The van der Waals surface area contributed by atoms with Gasteiger partial charge in [0.2, 0.25) is 0 Å². The van der Waals surface area contributed by atoms with E-state index in [0.717, 1.165) is 30.2 Å². The summed E-state index contributed by atoms with van der Waals surface area (Å²) in [6.07, 6.45) is 1.04. The van der Waals surface area contributed by atoms with Crippen molar-refractivity contribution in [2.45, 2.75) is 41.0 Å². The van der Waals surface area contributed by atoms with Crippen LogP contribution >= 0.6 is 0 Å². The lowest BCUT2D eigenvalue weighted by Gasteiger charge is -2.36. The number of anilines is 1. The molecule has 0 saturated heterocycles. The third kappa shape index (κ3) is 3.02. The highest BCUT2D eigenvalue weighted by molar-refractivity contribution is 5.68. The summed E-state index contributed by atoms with van der Waals surface area (Å²) in [4.78, 5) is 0. The van der Waals surface area contributed by atoms with Crippen molar-refractivity contribution in [3.05, 3.63) is 17.7 Å². The normalized spacial score (nSPS) is 18.1. The Balaban J connectivity index is 2.38. The molecule has 3 heteroatoms. The van der Waals surface area contributed by atoms with Crippen LogP contribution in [0.2, 0.25) is 0 Å². The smallest absolute Gasteiger partial charge is 0.142 e. The maximum absolute atomic E-state index is 5.80. The minimum absolute atomic E-state index is 0.287.